The van der Waals surface area contributed by atoms with E-state index in [-0.39, 0.29) is 16.5 Å². The largest absolute Gasteiger partial charge is 0.478 e. The molecule has 0 saturated carbocycles. The number of rotatable bonds is 6. The molecule has 0 atom stereocenters. The van der Waals surface area contributed by atoms with Gasteiger partial charge in [-0.25, -0.2) is 4.79 Å². The summed E-state index contributed by atoms with van der Waals surface area (Å²) in [5.41, 5.74) is 0.419. The first-order valence-electron chi connectivity index (χ1n) is 5.80. The Hall–Kier alpha value is -1.99. The molecule has 1 aromatic carbocycles. The number of carbonyl (C=O) groups excluding carboxylic acids is 1. The van der Waals surface area contributed by atoms with Crippen molar-refractivity contribution in [1.29, 1.82) is 0 Å². The van der Waals surface area contributed by atoms with Gasteiger partial charge in [0.05, 0.1) is 5.56 Å². The van der Waals surface area contributed by atoms with Crippen molar-refractivity contribution in [3.63, 3.8) is 0 Å². The molecule has 4 nitrogen and oxygen atoms in total. The van der Waals surface area contributed by atoms with Gasteiger partial charge in [0.2, 0.25) is 5.91 Å². The fourth-order valence-corrected chi connectivity index (χ4v) is 1.76. The SMILES string of the molecule is C#CCCCCC(=O)Nc1cc(Cl)cc(C(=O)O)c1. The number of aromatic carboxylic acids is 1. The smallest absolute Gasteiger partial charge is 0.335 e. The molecule has 0 heterocycles. The van der Waals surface area contributed by atoms with Crippen molar-refractivity contribution in [2.75, 3.05) is 5.32 Å². The van der Waals surface area contributed by atoms with Gasteiger partial charge in [0.25, 0.3) is 0 Å². The Morgan fingerprint density at radius 1 is 1.32 bits per heavy atom. The van der Waals surface area contributed by atoms with Gasteiger partial charge in [-0.1, -0.05) is 11.6 Å². The van der Waals surface area contributed by atoms with Gasteiger partial charge in [-0.3, -0.25) is 4.79 Å². The van der Waals surface area contributed by atoms with Crippen molar-refractivity contribution >= 4 is 29.2 Å². The molecule has 0 saturated heterocycles. The van der Waals surface area contributed by atoms with Gasteiger partial charge >= 0.3 is 5.97 Å². The molecule has 0 spiro atoms. The van der Waals surface area contributed by atoms with Gasteiger partial charge < -0.3 is 10.4 Å². The maximum atomic E-state index is 11.6. The number of hydrogen-bond donors (Lipinski definition) is 2. The summed E-state index contributed by atoms with van der Waals surface area (Å²) in [6.45, 7) is 0. The number of benzene rings is 1. The van der Waals surface area contributed by atoms with E-state index in [1.54, 1.807) is 0 Å². The summed E-state index contributed by atoms with van der Waals surface area (Å²) in [5.74, 6) is 1.23. The fraction of sp³-hybridized carbons (Fsp3) is 0.286. The van der Waals surface area contributed by atoms with E-state index in [0.29, 0.717) is 24.9 Å². The highest BCUT2D eigenvalue weighted by Crippen LogP contribution is 2.19. The molecule has 1 aromatic rings. The molecule has 100 valence electrons. The lowest BCUT2D eigenvalue weighted by atomic mass is 10.1. The Bertz CT molecular complexity index is 520. The normalized spacial score (nSPS) is 9.68. The molecule has 0 aromatic heterocycles. The Balaban J connectivity index is 2.59. The van der Waals surface area contributed by atoms with Crippen LogP contribution in [0.2, 0.25) is 5.02 Å². The summed E-state index contributed by atoms with van der Waals surface area (Å²) in [6, 6.07) is 4.20. The Morgan fingerprint density at radius 2 is 2.05 bits per heavy atom. The molecule has 1 rings (SSSR count). The van der Waals surface area contributed by atoms with Gasteiger partial charge in [0, 0.05) is 23.6 Å². The molecular weight excluding hydrogens is 266 g/mol. The fourth-order valence-electron chi connectivity index (χ4n) is 1.52. The summed E-state index contributed by atoms with van der Waals surface area (Å²) in [4.78, 5) is 22.5. The molecule has 0 bridgehead atoms. The second-order valence-electron chi connectivity index (χ2n) is 3.99. The Kier molecular flexibility index (Phi) is 5.91. The molecule has 0 aliphatic carbocycles. The van der Waals surface area contributed by atoms with Crippen LogP contribution < -0.4 is 5.32 Å². The van der Waals surface area contributed by atoms with Crippen molar-refractivity contribution < 1.29 is 14.7 Å². The van der Waals surface area contributed by atoms with Gasteiger partial charge in [-0.15, -0.1) is 12.3 Å². The van der Waals surface area contributed by atoms with E-state index >= 15 is 0 Å². The number of carboxylic acids is 1. The lowest BCUT2D eigenvalue weighted by Crippen LogP contribution is -2.11. The first kappa shape index (κ1) is 15.1. The van der Waals surface area contributed by atoms with E-state index < -0.39 is 5.97 Å². The maximum absolute atomic E-state index is 11.6. The van der Waals surface area contributed by atoms with E-state index in [2.05, 4.69) is 11.2 Å². The molecule has 1 amide bonds. The first-order chi connectivity index (χ1) is 9.02. The molecular formula is C14H14ClNO3. The quantitative estimate of drug-likeness (QED) is 0.621. The number of amides is 1. The van der Waals surface area contributed by atoms with Crippen LogP contribution in [0.15, 0.2) is 18.2 Å². The van der Waals surface area contributed by atoms with Crippen LogP contribution in [-0.4, -0.2) is 17.0 Å². The van der Waals surface area contributed by atoms with Gasteiger partial charge in [0.15, 0.2) is 0 Å². The number of unbranched alkanes of at least 4 members (excludes halogenated alkanes) is 2. The zero-order valence-corrected chi connectivity index (χ0v) is 11.0. The van der Waals surface area contributed by atoms with Crippen LogP contribution in [0, 0.1) is 12.3 Å². The lowest BCUT2D eigenvalue weighted by molar-refractivity contribution is -0.116. The molecule has 5 heteroatoms. The number of carboxylic acid groups (broad SMARTS) is 1. The zero-order chi connectivity index (χ0) is 14.3. The molecule has 19 heavy (non-hydrogen) atoms. The van der Waals surface area contributed by atoms with Crippen molar-refractivity contribution in [3.05, 3.63) is 28.8 Å². The third kappa shape index (κ3) is 5.45. The summed E-state index contributed by atoms with van der Waals surface area (Å²) in [6.07, 6.45) is 7.59. The summed E-state index contributed by atoms with van der Waals surface area (Å²) in [7, 11) is 0. The first-order valence-corrected chi connectivity index (χ1v) is 6.18. The van der Waals surface area contributed by atoms with E-state index in [1.165, 1.54) is 18.2 Å². The molecule has 0 unspecified atom stereocenters. The molecule has 0 radical (unpaired) electrons. The van der Waals surface area contributed by atoms with E-state index in [1.807, 2.05) is 0 Å². The van der Waals surface area contributed by atoms with Crippen LogP contribution in [0.1, 0.15) is 36.0 Å². The number of halogens is 1. The lowest BCUT2D eigenvalue weighted by Gasteiger charge is -2.06. The van der Waals surface area contributed by atoms with E-state index in [4.69, 9.17) is 23.1 Å². The number of nitrogens with one attached hydrogen (secondary N) is 1. The van der Waals surface area contributed by atoms with Gasteiger partial charge in [-0.05, 0) is 31.0 Å². The highest BCUT2D eigenvalue weighted by molar-refractivity contribution is 6.31. The second kappa shape index (κ2) is 7.45. The number of hydrogen-bond acceptors (Lipinski definition) is 2. The van der Waals surface area contributed by atoms with E-state index in [0.717, 1.165) is 6.42 Å². The Morgan fingerprint density at radius 3 is 2.68 bits per heavy atom. The van der Waals surface area contributed by atoms with Gasteiger partial charge in [0.1, 0.15) is 0 Å². The average molecular weight is 280 g/mol. The monoisotopic (exact) mass is 279 g/mol. The number of carbonyl (C=O) groups is 2. The Labute approximate surface area is 116 Å². The standard InChI is InChI=1S/C14H14ClNO3/c1-2-3-4-5-6-13(17)16-12-8-10(14(18)19)7-11(15)9-12/h1,7-9H,3-6H2,(H,16,17)(H,18,19). The molecule has 2 N–H and O–H groups in total. The second-order valence-corrected chi connectivity index (χ2v) is 4.43. The van der Waals surface area contributed by atoms with Crippen LogP contribution >= 0.6 is 11.6 Å². The summed E-state index contributed by atoms with van der Waals surface area (Å²) in [5, 5.41) is 11.8. The van der Waals surface area contributed by atoms with Crippen molar-refractivity contribution in [2.45, 2.75) is 25.7 Å². The highest BCUT2D eigenvalue weighted by Gasteiger charge is 2.08. The topological polar surface area (TPSA) is 66.4 Å². The number of anilines is 1. The predicted molar refractivity (Wildman–Crippen MR) is 74.3 cm³/mol. The van der Waals surface area contributed by atoms with Crippen LogP contribution in [0.3, 0.4) is 0 Å². The molecule has 0 aliphatic heterocycles. The van der Waals surface area contributed by atoms with Crippen LogP contribution in [-0.2, 0) is 4.79 Å². The molecule has 0 fully saturated rings. The molecule has 0 aliphatic rings. The number of terminal acetylenes is 1. The third-order valence-electron chi connectivity index (χ3n) is 2.40. The van der Waals surface area contributed by atoms with Gasteiger partial charge in [-0.2, -0.15) is 0 Å². The van der Waals surface area contributed by atoms with Crippen molar-refractivity contribution in [2.24, 2.45) is 0 Å². The average Bonchev–Trinajstić information content (AvgIpc) is 2.34. The minimum atomic E-state index is -1.09. The van der Waals surface area contributed by atoms with E-state index in [9.17, 15) is 9.59 Å². The minimum Gasteiger partial charge on any atom is -0.478 e. The maximum Gasteiger partial charge on any atom is 0.335 e. The predicted octanol–water partition coefficient (Wildman–Crippen LogP) is 3.17. The van der Waals surface area contributed by atoms with Crippen LogP contribution in [0.5, 0.6) is 0 Å². The van der Waals surface area contributed by atoms with Crippen molar-refractivity contribution in [3.8, 4) is 12.3 Å². The van der Waals surface area contributed by atoms with Crippen molar-refractivity contribution in [1.82, 2.24) is 0 Å². The highest BCUT2D eigenvalue weighted by atomic mass is 35.5. The minimum absolute atomic E-state index is 0.0372. The van der Waals surface area contributed by atoms with Crippen LogP contribution in [0.25, 0.3) is 0 Å². The zero-order valence-electron chi connectivity index (χ0n) is 10.3. The summed E-state index contributed by atoms with van der Waals surface area (Å²) < 4.78 is 0. The summed E-state index contributed by atoms with van der Waals surface area (Å²) >= 11 is 5.79. The third-order valence-corrected chi connectivity index (χ3v) is 2.62. The van der Waals surface area contributed by atoms with Crippen LogP contribution in [0.4, 0.5) is 5.69 Å².